The number of fused-ring (bicyclic) bond motifs is 3. The molecule has 136 valence electrons. The largest absolute Gasteiger partial charge is 0.310 e. The second kappa shape index (κ2) is 6.68. The Bertz CT molecular complexity index is 1030. The SMILES string of the molecule is Cc1cc(NC(=O)CCc2nc3sc4c(c3c(=O)[nH]2)CCCC4)nn1C. The normalized spacial score (nSPS) is 13.8. The van der Waals surface area contributed by atoms with Gasteiger partial charge in [0.25, 0.3) is 5.56 Å². The summed E-state index contributed by atoms with van der Waals surface area (Å²) in [5, 5.41) is 7.74. The summed E-state index contributed by atoms with van der Waals surface area (Å²) < 4.78 is 1.71. The van der Waals surface area contributed by atoms with Crippen molar-refractivity contribution in [2.24, 2.45) is 7.05 Å². The first-order chi connectivity index (χ1) is 12.5. The predicted molar refractivity (Wildman–Crippen MR) is 102 cm³/mol. The van der Waals surface area contributed by atoms with Gasteiger partial charge < -0.3 is 10.3 Å². The number of hydrogen-bond acceptors (Lipinski definition) is 5. The number of rotatable bonds is 4. The highest BCUT2D eigenvalue weighted by molar-refractivity contribution is 7.18. The molecule has 1 aliphatic carbocycles. The number of aromatic amines is 1. The van der Waals surface area contributed by atoms with Crippen LogP contribution in [-0.4, -0.2) is 25.7 Å². The molecule has 0 radical (unpaired) electrons. The van der Waals surface area contributed by atoms with Gasteiger partial charge in [0.05, 0.1) is 5.39 Å². The lowest BCUT2D eigenvalue weighted by molar-refractivity contribution is -0.116. The molecule has 0 spiro atoms. The molecular weight excluding hydrogens is 350 g/mol. The molecule has 0 saturated heterocycles. The van der Waals surface area contributed by atoms with Gasteiger partial charge in [-0.2, -0.15) is 5.10 Å². The van der Waals surface area contributed by atoms with Crippen LogP contribution in [0.3, 0.4) is 0 Å². The number of hydrogen-bond donors (Lipinski definition) is 2. The Kier molecular flexibility index (Phi) is 4.36. The zero-order chi connectivity index (χ0) is 18.3. The lowest BCUT2D eigenvalue weighted by Crippen LogP contribution is -2.16. The lowest BCUT2D eigenvalue weighted by atomic mass is 9.97. The summed E-state index contributed by atoms with van der Waals surface area (Å²) in [5.41, 5.74) is 2.07. The first-order valence-electron chi connectivity index (χ1n) is 8.85. The van der Waals surface area contributed by atoms with Gasteiger partial charge in [0.2, 0.25) is 5.91 Å². The first kappa shape index (κ1) is 17.0. The van der Waals surface area contributed by atoms with Crippen LogP contribution in [0.25, 0.3) is 10.2 Å². The summed E-state index contributed by atoms with van der Waals surface area (Å²) in [5.74, 6) is 0.961. The number of carbonyl (C=O) groups excluding carboxylic acids is 1. The molecule has 0 bridgehead atoms. The summed E-state index contributed by atoms with van der Waals surface area (Å²) in [6, 6.07) is 1.82. The molecular formula is C18H21N5O2S. The van der Waals surface area contributed by atoms with Crippen LogP contribution in [0.5, 0.6) is 0 Å². The van der Waals surface area contributed by atoms with E-state index in [-0.39, 0.29) is 17.9 Å². The van der Waals surface area contributed by atoms with E-state index in [0.29, 0.717) is 18.1 Å². The van der Waals surface area contributed by atoms with Crippen LogP contribution in [0.2, 0.25) is 0 Å². The monoisotopic (exact) mass is 371 g/mol. The van der Waals surface area contributed by atoms with Gasteiger partial charge in [-0.15, -0.1) is 11.3 Å². The minimum atomic E-state index is -0.142. The molecule has 0 saturated carbocycles. The van der Waals surface area contributed by atoms with Gasteiger partial charge in [-0.25, -0.2) is 4.98 Å². The maximum Gasteiger partial charge on any atom is 0.259 e. The van der Waals surface area contributed by atoms with Gasteiger partial charge in [0.15, 0.2) is 5.82 Å². The van der Waals surface area contributed by atoms with Crippen LogP contribution in [0.1, 0.15) is 41.2 Å². The zero-order valence-corrected chi connectivity index (χ0v) is 15.7. The van der Waals surface area contributed by atoms with E-state index in [1.54, 1.807) is 16.0 Å². The first-order valence-corrected chi connectivity index (χ1v) is 9.67. The maximum atomic E-state index is 12.5. The van der Waals surface area contributed by atoms with Crippen LogP contribution in [-0.2, 0) is 31.1 Å². The molecule has 3 aromatic heterocycles. The maximum absolute atomic E-state index is 12.5. The molecule has 4 rings (SSSR count). The van der Waals surface area contributed by atoms with Crippen molar-refractivity contribution in [3.05, 3.63) is 38.4 Å². The van der Waals surface area contributed by atoms with Crippen molar-refractivity contribution >= 4 is 33.3 Å². The zero-order valence-electron chi connectivity index (χ0n) is 14.9. The average molecular weight is 371 g/mol. The molecule has 2 N–H and O–H groups in total. The van der Waals surface area contributed by atoms with Crippen LogP contribution >= 0.6 is 11.3 Å². The van der Waals surface area contributed by atoms with Crippen molar-refractivity contribution in [2.45, 2.75) is 45.4 Å². The van der Waals surface area contributed by atoms with Crippen molar-refractivity contribution in [1.82, 2.24) is 19.7 Å². The fourth-order valence-electron chi connectivity index (χ4n) is 3.39. The lowest BCUT2D eigenvalue weighted by Gasteiger charge is -2.09. The number of aryl methyl sites for hydroxylation is 5. The smallest absolute Gasteiger partial charge is 0.259 e. The van der Waals surface area contributed by atoms with E-state index in [0.717, 1.165) is 35.2 Å². The highest BCUT2D eigenvalue weighted by atomic mass is 32.1. The Morgan fingerprint density at radius 2 is 2.19 bits per heavy atom. The number of anilines is 1. The molecule has 26 heavy (non-hydrogen) atoms. The highest BCUT2D eigenvalue weighted by Crippen LogP contribution is 2.33. The van der Waals surface area contributed by atoms with Crippen LogP contribution in [0.15, 0.2) is 10.9 Å². The van der Waals surface area contributed by atoms with Crippen LogP contribution in [0, 0.1) is 6.92 Å². The van der Waals surface area contributed by atoms with E-state index in [1.165, 1.54) is 16.9 Å². The minimum absolute atomic E-state index is 0.0786. The van der Waals surface area contributed by atoms with E-state index < -0.39 is 0 Å². The van der Waals surface area contributed by atoms with Gasteiger partial charge in [0, 0.05) is 36.5 Å². The standard InChI is InChI=1S/C18H21N5O2S/c1-10-9-14(22-23(10)2)19-15(24)8-7-13-20-17(25)16-11-5-3-4-6-12(11)26-18(16)21-13/h9H,3-8H2,1-2H3,(H,19,22,24)(H,20,21,25). The second-order valence-corrected chi connectivity index (χ2v) is 7.83. The van der Waals surface area contributed by atoms with Crippen molar-refractivity contribution in [1.29, 1.82) is 0 Å². The van der Waals surface area contributed by atoms with Gasteiger partial charge in [-0.3, -0.25) is 14.3 Å². The van der Waals surface area contributed by atoms with Crippen molar-refractivity contribution in [2.75, 3.05) is 5.32 Å². The number of amides is 1. The van der Waals surface area contributed by atoms with Gasteiger partial charge >= 0.3 is 0 Å². The molecule has 1 aliphatic rings. The van der Waals surface area contributed by atoms with E-state index in [1.807, 2.05) is 20.0 Å². The molecule has 3 heterocycles. The topological polar surface area (TPSA) is 92.7 Å². The molecule has 0 fully saturated rings. The molecule has 0 aromatic carbocycles. The van der Waals surface area contributed by atoms with Gasteiger partial charge in [-0.05, 0) is 38.2 Å². The number of nitrogens with one attached hydrogen (secondary N) is 2. The number of H-pyrrole nitrogens is 1. The molecule has 7 nitrogen and oxygen atoms in total. The molecule has 8 heteroatoms. The van der Waals surface area contributed by atoms with Crippen LogP contribution in [0.4, 0.5) is 5.82 Å². The molecule has 3 aromatic rings. The molecule has 0 atom stereocenters. The number of thiophene rings is 1. The number of aromatic nitrogens is 4. The van der Waals surface area contributed by atoms with Gasteiger partial charge in [-0.1, -0.05) is 0 Å². The predicted octanol–water partition coefficient (Wildman–Crippen LogP) is 2.48. The second-order valence-electron chi connectivity index (χ2n) is 6.75. The molecule has 1 amide bonds. The summed E-state index contributed by atoms with van der Waals surface area (Å²) in [6.07, 6.45) is 4.95. The summed E-state index contributed by atoms with van der Waals surface area (Å²) in [6.45, 7) is 1.92. The highest BCUT2D eigenvalue weighted by Gasteiger charge is 2.20. The van der Waals surface area contributed by atoms with Crippen molar-refractivity contribution < 1.29 is 4.79 Å². The van der Waals surface area contributed by atoms with Gasteiger partial charge in [0.1, 0.15) is 10.7 Å². The quantitative estimate of drug-likeness (QED) is 0.737. The summed E-state index contributed by atoms with van der Waals surface area (Å²) >= 11 is 1.62. The molecule has 0 unspecified atom stereocenters. The Hall–Kier alpha value is -2.48. The minimum Gasteiger partial charge on any atom is -0.310 e. The Labute approximate surface area is 154 Å². The third-order valence-corrected chi connectivity index (χ3v) is 6.03. The average Bonchev–Trinajstić information content (AvgIpc) is 3.12. The third kappa shape index (κ3) is 3.16. The van der Waals surface area contributed by atoms with E-state index in [9.17, 15) is 9.59 Å². The van der Waals surface area contributed by atoms with E-state index in [4.69, 9.17) is 0 Å². The summed E-state index contributed by atoms with van der Waals surface area (Å²) in [7, 11) is 1.83. The summed E-state index contributed by atoms with van der Waals surface area (Å²) in [4.78, 5) is 34.2. The number of carbonyl (C=O) groups is 1. The third-order valence-electron chi connectivity index (χ3n) is 4.84. The number of nitrogens with zero attached hydrogens (tertiary/aromatic N) is 3. The Morgan fingerprint density at radius 3 is 2.96 bits per heavy atom. The Balaban J connectivity index is 1.49. The fraction of sp³-hybridized carbons (Fsp3) is 0.444. The fourth-order valence-corrected chi connectivity index (χ4v) is 4.67. The molecule has 0 aliphatic heterocycles. The van der Waals surface area contributed by atoms with Crippen molar-refractivity contribution in [3.63, 3.8) is 0 Å². The van der Waals surface area contributed by atoms with Crippen molar-refractivity contribution in [3.8, 4) is 0 Å². The van der Waals surface area contributed by atoms with Crippen LogP contribution < -0.4 is 10.9 Å². The Morgan fingerprint density at radius 1 is 1.38 bits per heavy atom. The van der Waals surface area contributed by atoms with E-state index in [2.05, 4.69) is 20.4 Å². The van der Waals surface area contributed by atoms with E-state index >= 15 is 0 Å².